The van der Waals surface area contributed by atoms with E-state index in [9.17, 15) is 9.18 Å². The first kappa shape index (κ1) is 13.4. The van der Waals surface area contributed by atoms with E-state index in [4.69, 9.17) is 5.73 Å². The minimum absolute atomic E-state index is 0.0142. The van der Waals surface area contributed by atoms with Crippen LogP contribution in [0.2, 0.25) is 0 Å². The molecule has 0 aliphatic heterocycles. The zero-order valence-electron chi connectivity index (χ0n) is 10.4. The number of carbonyl (C=O) groups is 1. The molecule has 0 saturated heterocycles. The van der Waals surface area contributed by atoms with Crippen LogP contribution in [0.4, 0.5) is 10.2 Å². The van der Waals surface area contributed by atoms with E-state index in [1.165, 1.54) is 12.3 Å². The van der Waals surface area contributed by atoms with Crippen LogP contribution in [0.15, 0.2) is 12.3 Å². The van der Waals surface area contributed by atoms with Gasteiger partial charge in [0.1, 0.15) is 0 Å². The number of nitrogen functional groups attached to an aromatic ring is 1. The number of rotatable bonds is 4. The third kappa shape index (κ3) is 2.72. The van der Waals surface area contributed by atoms with Gasteiger partial charge in [-0.3, -0.25) is 4.79 Å². The van der Waals surface area contributed by atoms with E-state index in [1.54, 1.807) is 4.90 Å². The maximum absolute atomic E-state index is 13.7. The number of hydrogen-bond acceptors (Lipinski definition) is 3. The summed E-state index contributed by atoms with van der Waals surface area (Å²) in [6.07, 6.45) is 2.16. The summed E-state index contributed by atoms with van der Waals surface area (Å²) in [5.41, 5.74) is 5.34. The lowest BCUT2D eigenvalue weighted by Gasteiger charge is -2.27. The summed E-state index contributed by atoms with van der Waals surface area (Å²) < 4.78 is 13.7. The predicted molar refractivity (Wildman–Crippen MR) is 65.1 cm³/mol. The Labute approximate surface area is 101 Å². The van der Waals surface area contributed by atoms with Gasteiger partial charge in [-0.15, -0.1) is 0 Å². The molecule has 1 amide bonds. The molecule has 0 saturated carbocycles. The number of nitrogens with zero attached hydrogens (tertiary/aromatic N) is 2. The molecule has 0 aromatic carbocycles. The molecule has 5 heteroatoms. The quantitative estimate of drug-likeness (QED) is 0.875. The molecular formula is C12H18FN3O. The van der Waals surface area contributed by atoms with Crippen molar-refractivity contribution in [3.05, 3.63) is 23.6 Å². The van der Waals surface area contributed by atoms with Crippen LogP contribution in [-0.2, 0) is 0 Å². The second-order valence-corrected chi connectivity index (χ2v) is 3.91. The Hall–Kier alpha value is -1.65. The number of aromatic nitrogens is 1. The molecule has 17 heavy (non-hydrogen) atoms. The molecule has 1 aromatic heterocycles. The van der Waals surface area contributed by atoms with Gasteiger partial charge in [-0.2, -0.15) is 0 Å². The fraction of sp³-hybridized carbons (Fsp3) is 0.500. The molecule has 4 nitrogen and oxygen atoms in total. The van der Waals surface area contributed by atoms with Gasteiger partial charge in [0.05, 0.1) is 5.56 Å². The summed E-state index contributed by atoms with van der Waals surface area (Å²) >= 11 is 0. The SMILES string of the molecule is CCC(C)N(CC)C(=O)c1ccnc(N)c1F. The Bertz CT molecular complexity index is 409. The maximum atomic E-state index is 13.7. The first-order chi connectivity index (χ1) is 8.02. The van der Waals surface area contributed by atoms with Crippen LogP contribution in [-0.4, -0.2) is 28.4 Å². The van der Waals surface area contributed by atoms with Crippen molar-refractivity contribution in [1.29, 1.82) is 0 Å². The summed E-state index contributed by atoms with van der Waals surface area (Å²) in [7, 11) is 0. The summed E-state index contributed by atoms with van der Waals surface area (Å²) in [4.78, 5) is 17.4. The molecule has 0 bridgehead atoms. The third-order valence-corrected chi connectivity index (χ3v) is 2.87. The molecule has 0 fully saturated rings. The highest BCUT2D eigenvalue weighted by molar-refractivity contribution is 5.95. The van der Waals surface area contributed by atoms with Crippen molar-refractivity contribution in [2.45, 2.75) is 33.2 Å². The maximum Gasteiger partial charge on any atom is 0.257 e. The Morgan fingerprint density at radius 1 is 1.59 bits per heavy atom. The fourth-order valence-corrected chi connectivity index (χ4v) is 1.66. The summed E-state index contributed by atoms with van der Waals surface area (Å²) in [5, 5.41) is 0. The van der Waals surface area contributed by atoms with Gasteiger partial charge in [-0.25, -0.2) is 9.37 Å². The van der Waals surface area contributed by atoms with E-state index in [-0.39, 0.29) is 23.3 Å². The highest BCUT2D eigenvalue weighted by Gasteiger charge is 2.22. The molecule has 0 aliphatic carbocycles. The largest absolute Gasteiger partial charge is 0.381 e. The molecule has 1 atom stereocenters. The number of nitrogens with two attached hydrogens (primary N) is 1. The summed E-state index contributed by atoms with van der Waals surface area (Å²) in [6, 6.07) is 1.43. The van der Waals surface area contributed by atoms with Crippen LogP contribution < -0.4 is 5.73 Å². The third-order valence-electron chi connectivity index (χ3n) is 2.87. The molecule has 0 radical (unpaired) electrons. The number of amides is 1. The lowest BCUT2D eigenvalue weighted by Crippen LogP contribution is -2.38. The lowest BCUT2D eigenvalue weighted by molar-refractivity contribution is 0.0695. The second kappa shape index (κ2) is 5.61. The van der Waals surface area contributed by atoms with Crippen LogP contribution in [0.1, 0.15) is 37.6 Å². The van der Waals surface area contributed by atoms with Gasteiger partial charge in [-0.05, 0) is 26.3 Å². The Morgan fingerprint density at radius 2 is 2.24 bits per heavy atom. The van der Waals surface area contributed by atoms with Gasteiger partial charge in [0.25, 0.3) is 5.91 Å². The van der Waals surface area contributed by atoms with Crippen molar-refractivity contribution >= 4 is 11.7 Å². The van der Waals surface area contributed by atoms with Crippen LogP contribution in [0.5, 0.6) is 0 Å². The highest BCUT2D eigenvalue weighted by atomic mass is 19.1. The second-order valence-electron chi connectivity index (χ2n) is 3.91. The number of carbonyl (C=O) groups excluding carboxylic acids is 1. The minimum atomic E-state index is -0.737. The molecule has 2 N–H and O–H groups in total. The average Bonchev–Trinajstić information content (AvgIpc) is 2.33. The van der Waals surface area contributed by atoms with Crippen LogP contribution in [0.25, 0.3) is 0 Å². The minimum Gasteiger partial charge on any atom is -0.381 e. The number of anilines is 1. The zero-order valence-corrected chi connectivity index (χ0v) is 10.4. The molecule has 1 rings (SSSR count). The van der Waals surface area contributed by atoms with Crippen molar-refractivity contribution in [2.75, 3.05) is 12.3 Å². The normalized spacial score (nSPS) is 12.2. The number of halogens is 1. The van der Waals surface area contributed by atoms with Crippen molar-refractivity contribution in [3.8, 4) is 0 Å². The molecule has 94 valence electrons. The van der Waals surface area contributed by atoms with Gasteiger partial charge >= 0.3 is 0 Å². The van der Waals surface area contributed by atoms with E-state index in [1.807, 2.05) is 20.8 Å². The Kier molecular flexibility index (Phi) is 4.43. The van der Waals surface area contributed by atoms with Crippen LogP contribution in [0, 0.1) is 5.82 Å². The van der Waals surface area contributed by atoms with E-state index >= 15 is 0 Å². The summed E-state index contributed by atoms with van der Waals surface area (Å²) in [6.45, 7) is 6.32. The fourth-order valence-electron chi connectivity index (χ4n) is 1.66. The lowest BCUT2D eigenvalue weighted by atomic mass is 10.1. The van der Waals surface area contributed by atoms with E-state index < -0.39 is 5.82 Å². The standard InChI is InChI=1S/C12H18FN3O/c1-4-8(3)16(5-2)12(17)9-6-7-15-11(14)10(9)13/h6-8H,4-5H2,1-3H3,(H2,14,15). The van der Waals surface area contributed by atoms with Gasteiger partial charge in [-0.1, -0.05) is 6.92 Å². The van der Waals surface area contributed by atoms with Gasteiger partial charge in [0.15, 0.2) is 11.6 Å². The first-order valence-electron chi connectivity index (χ1n) is 5.73. The first-order valence-corrected chi connectivity index (χ1v) is 5.73. The average molecular weight is 239 g/mol. The van der Waals surface area contributed by atoms with E-state index in [0.717, 1.165) is 6.42 Å². The Balaban J connectivity index is 3.06. The van der Waals surface area contributed by atoms with Crippen LogP contribution in [0.3, 0.4) is 0 Å². The van der Waals surface area contributed by atoms with Gasteiger partial charge < -0.3 is 10.6 Å². The highest BCUT2D eigenvalue weighted by Crippen LogP contribution is 2.16. The molecule has 0 spiro atoms. The molecule has 1 heterocycles. The molecule has 1 unspecified atom stereocenters. The van der Waals surface area contributed by atoms with Crippen LogP contribution >= 0.6 is 0 Å². The smallest absolute Gasteiger partial charge is 0.257 e. The topological polar surface area (TPSA) is 59.2 Å². The molecular weight excluding hydrogens is 221 g/mol. The van der Waals surface area contributed by atoms with Crippen molar-refractivity contribution in [3.63, 3.8) is 0 Å². The number of hydrogen-bond donors (Lipinski definition) is 1. The number of pyridine rings is 1. The van der Waals surface area contributed by atoms with Gasteiger partial charge in [0, 0.05) is 18.8 Å². The van der Waals surface area contributed by atoms with Crippen molar-refractivity contribution in [1.82, 2.24) is 9.88 Å². The molecule has 1 aromatic rings. The van der Waals surface area contributed by atoms with Crippen molar-refractivity contribution < 1.29 is 9.18 Å². The monoisotopic (exact) mass is 239 g/mol. The van der Waals surface area contributed by atoms with Crippen molar-refractivity contribution in [2.24, 2.45) is 0 Å². The van der Waals surface area contributed by atoms with E-state index in [0.29, 0.717) is 6.54 Å². The predicted octanol–water partition coefficient (Wildman–Crippen LogP) is 2.06. The Morgan fingerprint density at radius 3 is 2.76 bits per heavy atom. The van der Waals surface area contributed by atoms with E-state index in [2.05, 4.69) is 4.98 Å². The molecule has 0 aliphatic rings. The zero-order chi connectivity index (χ0) is 13.0. The summed E-state index contributed by atoms with van der Waals surface area (Å²) in [5.74, 6) is -1.32. The van der Waals surface area contributed by atoms with Gasteiger partial charge in [0.2, 0.25) is 0 Å².